The number of nitrogens with zero attached hydrogens (tertiary/aromatic N) is 2. The van der Waals surface area contributed by atoms with E-state index in [2.05, 4.69) is 4.99 Å². The van der Waals surface area contributed by atoms with Crippen molar-refractivity contribution in [2.45, 2.75) is 62.2 Å². The van der Waals surface area contributed by atoms with E-state index >= 15 is 0 Å². The van der Waals surface area contributed by atoms with Crippen LogP contribution in [0.25, 0.3) is 0 Å². The summed E-state index contributed by atoms with van der Waals surface area (Å²) in [5.74, 6) is -0.861. The van der Waals surface area contributed by atoms with Crippen molar-refractivity contribution >= 4 is 38.4 Å². The van der Waals surface area contributed by atoms with Gasteiger partial charge in [0.15, 0.2) is 15.0 Å². The van der Waals surface area contributed by atoms with E-state index in [9.17, 15) is 39.6 Å². The average Bonchev–Trinajstić information content (AvgIpc) is 3.39. The Morgan fingerprint density at radius 2 is 1.59 bits per heavy atom. The van der Waals surface area contributed by atoms with Gasteiger partial charge in [-0.15, -0.1) is 0 Å². The summed E-state index contributed by atoms with van der Waals surface area (Å²) in [4.78, 5) is 17.6. The van der Waals surface area contributed by atoms with Gasteiger partial charge in [-0.1, -0.05) is 37.4 Å². The molecule has 0 aromatic heterocycles. The van der Waals surface area contributed by atoms with Crippen molar-refractivity contribution in [1.29, 1.82) is 0 Å². The highest BCUT2D eigenvalue weighted by Crippen LogP contribution is 2.44. The average molecular weight is 529 g/mol. The number of sulfone groups is 1. The van der Waals surface area contributed by atoms with E-state index < -0.39 is 62.0 Å². The molecule has 1 aliphatic carbocycles. The molecule has 2 aliphatic heterocycles. The highest BCUT2D eigenvalue weighted by molar-refractivity contribution is 8.16. The van der Waals surface area contributed by atoms with Crippen LogP contribution in [-0.4, -0.2) is 42.3 Å². The molecule has 2 atom stereocenters. The van der Waals surface area contributed by atoms with Crippen LogP contribution in [0.5, 0.6) is 0 Å². The topological polar surface area (TPSA) is 66.8 Å². The minimum atomic E-state index is -5.06. The van der Waals surface area contributed by atoms with Crippen LogP contribution in [0.4, 0.5) is 32.0 Å². The van der Waals surface area contributed by atoms with Gasteiger partial charge in [0.05, 0.1) is 28.7 Å². The number of thioether (sulfide) groups is 1. The van der Waals surface area contributed by atoms with Crippen LogP contribution in [0, 0.1) is 5.92 Å². The van der Waals surface area contributed by atoms with E-state index in [1.165, 1.54) is 0 Å². The van der Waals surface area contributed by atoms with Gasteiger partial charge < -0.3 is 4.90 Å². The van der Waals surface area contributed by atoms with E-state index in [0.29, 0.717) is 24.5 Å². The first-order chi connectivity index (χ1) is 15.7. The zero-order valence-corrected chi connectivity index (χ0v) is 19.5. The van der Waals surface area contributed by atoms with Crippen LogP contribution in [-0.2, 0) is 27.0 Å². The predicted molar refractivity (Wildman–Crippen MR) is 116 cm³/mol. The van der Waals surface area contributed by atoms with E-state index in [0.717, 1.165) is 42.3 Å². The van der Waals surface area contributed by atoms with E-state index in [-0.39, 0.29) is 23.4 Å². The molecular formula is C21H22F6N2O3S2. The summed E-state index contributed by atoms with van der Waals surface area (Å²) in [6, 6.07) is 0.184. The summed E-state index contributed by atoms with van der Waals surface area (Å²) < 4.78 is 105. The molecule has 3 fully saturated rings. The Bertz CT molecular complexity index is 1060. The Labute approximate surface area is 196 Å². The van der Waals surface area contributed by atoms with Crippen molar-refractivity contribution in [1.82, 2.24) is 0 Å². The van der Waals surface area contributed by atoms with Crippen LogP contribution in [0.2, 0.25) is 0 Å². The van der Waals surface area contributed by atoms with Crippen molar-refractivity contribution < 1.29 is 39.6 Å². The van der Waals surface area contributed by atoms with Gasteiger partial charge in [-0.05, 0) is 30.5 Å². The molecule has 4 rings (SSSR count). The highest BCUT2D eigenvalue weighted by atomic mass is 32.2. The fraction of sp³-hybridized carbons (Fsp3) is 0.619. The summed E-state index contributed by atoms with van der Waals surface area (Å²) in [6.07, 6.45) is -5.18. The van der Waals surface area contributed by atoms with Gasteiger partial charge in [0.25, 0.3) is 0 Å². The molecule has 0 unspecified atom stereocenters. The van der Waals surface area contributed by atoms with Crippen molar-refractivity contribution in [3.05, 3.63) is 29.3 Å². The molecular weight excluding hydrogens is 506 g/mol. The Hall–Kier alpha value is -1.76. The van der Waals surface area contributed by atoms with Crippen LogP contribution >= 0.6 is 11.8 Å². The molecule has 188 valence electrons. The van der Waals surface area contributed by atoms with Gasteiger partial charge >= 0.3 is 12.4 Å². The number of fused-ring (bicyclic) bond motifs is 1. The van der Waals surface area contributed by atoms with Crippen LogP contribution in [0.15, 0.2) is 23.2 Å². The van der Waals surface area contributed by atoms with Crippen molar-refractivity contribution in [2.75, 3.05) is 16.4 Å². The fourth-order valence-electron chi connectivity index (χ4n) is 4.73. The van der Waals surface area contributed by atoms with E-state index in [4.69, 9.17) is 0 Å². The normalized spacial score (nSPS) is 26.4. The standard InChI is InChI=1S/C21H22F6N2O3S2/c22-20(23,24)13-7-14(21(25,26)27)9-15(8-13)29-16-10-34(31,32)11-17(16)33-19(29)28-18(30)6-5-12-3-1-2-4-12/h7-9,12,16-17H,1-6,10-11H2/t16-,17-/m0/s1. The fourth-order valence-corrected chi connectivity index (χ4v) is 8.66. The quantitative estimate of drug-likeness (QED) is 0.497. The lowest BCUT2D eigenvalue weighted by atomic mass is 10.0. The van der Waals surface area contributed by atoms with Crippen molar-refractivity contribution in [3.8, 4) is 0 Å². The summed E-state index contributed by atoms with van der Waals surface area (Å²) in [7, 11) is -3.54. The highest BCUT2D eigenvalue weighted by Gasteiger charge is 2.50. The van der Waals surface area contributed by atoms with Crippen LogP contribution in [0.1, 0.15) is 49.7 Å². The summed E-state index contributed by atoms with van der Waals surface area (Å²) in [5, 5.41) is -0.705. The second-order valence-corrected chi connectivity index (χ2v) is 12.3. The number of hydrogen-bond donors (Lipinski definition) is 0. The lowest BCUT2D eigenvalue weighted by Gasteiger charge is -2.26. The molecule has 2 heterocycles. The molecule has 1 amide bonds. The molecule has 0 radical (unpaired) electrons. The molecule has 34 heavy (non-hydrogen) atoms. The van der Waals surface area contributed by atoms with Crippen molar-refractivity contribution in [2.24, 2.45) is 10.9 Å². The third-order valence-corrected chi connectivity index (χ3v) is 9.59. The maximum atomic E-state index is 13.4. The second kappa shape index (κ2) is 9.03. The van der Waals surface area contributed by atoms with Crippen LogP contribution < -0.4 is 4.90 Å². The molecule has 0 bridgehead atoms. The number of amidine groups is 1. The molecule has 13 heteroatoms. The number of carbonyl (C=O) groups is 1. The first-order valence-electron chi connectivity index (χ1n) is 10.8. The number of anilines is 1. The van der Waals surface area contributed by atoms with Crippen molar-refractivity contribution in [3.63, 3.8) is 0 Å². The number of hydrogen-bond acceptors (Lipinski definition) is 4. The molecule has 2 saturated heterocycles. The molecule has 3 aliphatic rings. The van der Waals surface area contributed by atoms with Gasteiger partial charge in [-0.3, -0.25) is 4.79 Å². The molecule has 0 spiro atoms. The third-order valence-electron chi connectivity index (χ3n) is 6.38. The number of rotatable bonds is 4. The lowest BCUT2D eigenvalue weighted by molar-refractivity contribution is -0.143. The summed E-state index contributed by atoms with van der Waals surface area (Å²) in [5.41, 5.74) is -3.52. The Balaban J connectivity index is 1.71. The van der Waals surface area contributed by atoms with Gasteiger partial charge in [0.1, 0.15) is 0 Å². The van der Waals surface area contributed by atoms with E-state index in [1.807, 2.05) is 0 Å². The molecule has 0 N–H and O–H groups in total. The predicted octanol–water partition coefficient (Wildman–Crippen LogP) is 5.30. The maximum absolute atomic E-state index is 13.4. The smallest absolute Gasteiger partial charge is 0.316 e. The zero-order valence-electron chi connectivity index (χ0n) is 17.8. The monoisotopic (exact) mass is 528 g/mol. The minimum Gasteiger partial charge on any atom is -0.316 e. The largest absolute Gasteiger partial charge is 0.416 e. The lowest BCUT2D eigenvalue weighted by Crippen LogP contribution is -2.38. The number of amides is 1. The van der Waals surface area contributed by atoms with Gasteiger partial charge in [-0.2, -0.15) is 31.3 Å². The van der Waals surface area contributed by atoms with Gasteiger partial charge in [0.2, 0.25) is 5.91 Å². The molecule has 5 nitrogen and oxygen atoms in total. The zero-order chi connectivity index (χ0) is 24.9. The van der Waals surface area contributed by atoms with E-state index in [1.54, 1.807) is 0 Å². The third kappa shape index (κ3) is 5.55. The number of halogens is 6. The number of aliphatic imine (C=N–C) groups is 1. The first kappa shape index (κ1) is 25.3. The molecule has 1 saturated carbocycles. The van der Waals surface area contributed by atoms with Gasteiger partial charge in [0, 0.05) is 17.4 Å². The Kier molecular flexibility index (Phi) is 6.73. The van der Waals surface area contributed by atoms with Crippen LogP contribution in [0.3, 0.4) is 0 Å². The van der Waals surface area contributed by atoms with Gasteiger partial charge in [-0.25, -0.2) is 8.42 Å². The molecule has 1 aromatic carbocycles. The number of carbonyl (C=O) groups excluding carboxylic acids is 1. The first-order valence-corrected chi connectivity index (χ1v) is 13.5. The summed E-state index contributed by atoms with van der Waals surface area (Å²) in [6.45, 7) is 0. The Morgan fingerprint density at radius 3 is 2.15 bits per heavy atom. The second-order valence-electron chi connectivity index (χ2n) is 8.91. The minimum absolute atomic E-state index is 0.0131. The summed E-state index contributed by atoms with van der Waals surface area (Å²) >= 11 is 0.913. The number of benzene rings is 1. The maximum Gasteiger partial charge on any atom is 0.416 e. The Morgan fingerprint density at radius 1 is 1.00 bits per heavy atom. The SMILES string of the molecule is O=C(CCC1CCCC1)N=C1S[C@H]2CS(=O)(=O)C[C@@H]2N1c1cc(C(F)(F)F)cc(C(F)(F)F)c1. The number of alkyl halides is 6. The molecule has 1 aromatic rings.